The van der Waals surface area contributed by atoms with Crippen LogP contribution in [0.5, 0.6) is 0 Å². The van der Waals surface area contributed by atoms with E-state index in [2.05, 4.69) is 15.3 Å². The van der Waals surface area contributed by atoms with E-state index in [-0.39, 0.29) is 5.28 Å². The molecule has 1 aromatic carbocycles. The van der Waals surface area contributed by atoms with Gasteiger partial charge >= 0.3 is 0 Å². The highest BCUT2D eigenvalue weighted by Crippen LogP contribution is 2.41. The molecule has 4 rings (SSSR count). The van der Waals surface area contributed by atoms with Gasteiger partial charge in [0.25, 0.3) is 0 Å². The molecule has 2 heterocycles. The third kappa shape index (κ3) is 2.44. The minimum Gasteiger partial charge on any atom is -0.338 e. The first-order chi connectivity index (χ1) is 10.6. The molecular formula is C15H10Cl3N3S. The van der Waals surface area contributed by atoms with E-state index in [4.69, 9.17) is 34.8 Å². The Labute approximate surface area is 146 Å². The Morgan fingerprint density at radius 1 is 1.09 bits per heavy atom. The number of halogens is 3. The van der Waals surface area contributed by atoms with Crippen LogP contribution in [0, 0.1) is 0 Å². The van der Waals surface area contributed by atoms with Crippen molar-refractivity contribution in [2.45, 2.75) is 19.3 Å². The van der Waals surface area contributed by atoms with Crippen molar-refractivity contribution in [1.29, 1.82) is 0 Å². The zero-order valence-corrected chi connectivity index (χ0v) is 14.4. The summed E-state index contributed by atoms with van der Waals surface area (Å²) < 4.78 is 0. The lowest BCUT2D eigenvalue weighted by molar-refractivity contribution is 0.917. The van der Waals surface area contributed by atoms with E-state index in [1.807, 2.05) is 6.07 Å². The third-order valence-electron chi connectivity index (χ3n) is 3.72. The van der Waals surface area contributed by atoms with E-state index in [1.54, 1.807) is 23.5 Å². The highest BCUT2D eigenvalue weighted by Gasteiger charge is 2.22. The summed E-state index contributed by atoms with van der Waals surface area (Å²) in [4.78, 5) is 11.0. The first-order valence-electron chi connectivity index (χ1n) is 6.81. The maximum atomic E-state index is 6.24. The summed E-state index contributed by atoms with van der Waals surface area (Å²) in [5.41, 5.74) is 2.09. The van der Waals surface area contributed by atoms with Crippen molar-refractivity contribution in [3.8, 4) is 0 Å². The van der Waals surface area contributed by atoms with Gasteiger partial charge < -0.3 is 5.32 Å². The number of nitrogens with zero attached hydrogens (tertiary/aromatic N) is 2. The van der Waals surface area contributed by atoms with Crippen molar-refractivity contribution in [3.05, 3.63) is 44.0 Å². The molecular weight excluding hydrogens is 361 g/mol. The lowest BCUT2D eigenvalue weighted by Gasteiger charge is -2.10. The lowest BCUT2D eigenvalue weighted by atomic mass is 10.2. The number of rotatable bonds is 2. The Morgan fingerprint density at radius 3 is 2.77 bits per heavy atom. The SMILES string of the molecule is Clc1ccc(Nc2nc(Cl)nc3sc4c(c23)CCC4)c(Cl)c1. The number of nitrogens with one attached hydrogen (secondary N) is 1. The highest BCUT2D eigenvalue weighted by molar-refractivity contribution is 7.19. The molecule has 0 atom stereocenters. The predicted molar refractivity (Wildman–Crippen MR) is 94.2 cm³/mol. The Bertz CT molecular complexity index is 891. The first kappa shape index (κ1) is 14.5. The molecule has 22 heavy (non-hydrogen) atoms. The molecule has 0 saturated heterocycles. The highest BCUT2D eigenvalue weighted by atomic mass is 35.5. The van der Waals surface area contributed by atoms with Crippen molar-refractivity contribution < 1.29 is 0 Å². The monoisotopic (exact) mass is 369 g/mol. The molecule has 0 radical (unpaired) electrons. The lowest BCUT2D eigenvalue weighted by Crippen LogP contribution is -1.98. The average molecular weight is 371 g/mol. The zero-order chi connectivity index (χ0) is 15.3. The number of anilines is 2. The number of thiophene rings is 1. The molecule has 0 unspecified atom stereocenters. The van der Waals surface area contributed by atoms with Crippen LogP contribution in [0.3, 0.4) is 0 Å². The topological polar surface area (TPSA) is 37.8 Å². The molecule has 1 aliphatic carbocycles. The predicted octanol–water partition coefficient (Wildman–Crippen LogP) is 5.88. The van der Waals surface area contributed by atoms with Crippen LogP contribution in [0.1, 0.15) is 16.9 Å². The molecule has 1 N–H and O–H groups in total. The summed E-state index contributed by atoms with van der Waals surface area (Å²) in [7, 11) is 0. The van der Waals surface area contributed by atoms with Crippen molar-refractivity contribution in [2.24, 2.45) is 0 Å². The smallest absolute Gasteiger partial charge is 0.225 e. The Hall–Kier alpha value is -1.07. The molecule has 7 heteroatoms. The minimum atomic E-state index is 0.236. The van der Waals surface area contributed by atoms with Crippen LogP contribution in [-0.4, -0.2) is 9.97 Å². The van der Waals surface area contributed by atoms with E-state index >= 15 is 0 Å². The van der Waals surface area contributed by atoms with Gasteiger partial charge in [0.1, 0.15) is 10.6 Å². The Morgan fingerprint density at radius 2 is 1.95 bits per heavy atom. The first-order valence-corrected chi connectivity index (χ1v) is 8.77. The normalized spacial score (nSPS) is 13.6. The van der Waals surface area contributed by atoms with E-state index in [0.717, 1.165) is 28.7 Å². The summed E-state index contributed by atoms with van der Waals surface area (Å²) in [6.07, 6.45) is 3.35. The molecule has 1 aliphatic rings. The van der Waals surface area contributed by atoms with Crippen LogP contribution in [-0.2, 0) is 12.8 Å². The summed E-state index contributed by atoms with van der Waals surface area (Å²) >= 11 is 20.0. The van der Waals surface area contributed by atoms with E-state index in [9.17, 15) is 0 Å². The second kappa shape index (κ2) is 5.53. The van der Waals surface area contributed by atoms with Crippen molar-refractivity contribution >= 4 is 67.9 Å². The summed E-state index contributed by atoms with van der Waals surface area (Å²) in [5.74, 6) is 0.707. The molecule has 2 aromatic heterocycles. The van der Waals surface area contributed by atoms with Crippen molar-refractivity contribution in [2.75, 3.05) is 5.32 Å². The molecule has 0 fully saturated rings. The zero-order valence-electron chi connectivity index (χ0n) is 11.3. The van der Waals surface area contributed by atoms with Crippen LogP contribution in [0.15, 0.2) is 18.2 Å². The fraction of sp³-hybridized carbons (Fsp3) is 0.200. The second-order valence-corrected chi connectivity index (χ2v) is 7.39. The fourth-order valence-corrected chi connectivity index (χ4v) is 4.71. The Kier molecular flexibility index (Phi) is 3.65. The molecule has 0 aliphatic heterocycles. The van der Waals surface area contributed by atoms with E-state index < -0.39 is 0 Å². The molecule has 0 amide bonds. The van der Waals surface area contributed by atoms with Crippen LogP contribution in [0.4, 0.5) is 11.5 Å². The maximum absolute atomic E-state index is 6.24. The van der Waals surface area contributed by atoms with Crippen molar-refractivity contribution in [1.82, 2.24) is 9.97 Å². The molecule has 3 nitrogen and oxygen atoms in total. The van der Waals surface area contributed by atoms with Gasteiger partial charge in [-0.3, -0.25) is 0 Å². The van der Waals surface area contributed by atoms with Crippen LogP contribution in [0.25, 0.3) is 10.2 Å². The van der Waals surface area contributed by atoms with Gasteiger partial charge in [-0.1, -0.05) is 23.2 Å². The second-order valence-electron chi connectivity index (χ2n) is 5.13. The van der Waals surface area contributed by atoms with Gasteiger partial charge in [0.15, 0.2) is 0 Å². The number of hydrogen-bond acceptors (Lipinski definition) is 4. The molecule has 3 aromatic rings. The largest absolute Gasteiger partial charge is 0.338 e. The quantitative estimate of drug-likeness (QED) is 0.572. The average Bonchev–Trinajstić information content (AvgIpc) is 3.01. The number of aryl methyl sites for hydroxylation is 2. The van der Waals surface area contributed by atoms with Gasteiger partial charge in [-0.25, -0.2) is 4.98 Å². The van der Waals surface area contributed by atoms with Gasteiger partial charge in [0.2, 0.25) is 5.28 Å². The molecule has 0 saturated carbocycles. The number of hydrogen-bond donors (Lipinski definition) is 1. The van der Waals surface area contributed by atoms with Crippen LogP contribution in [0.2, 0.25) is 15.3 Å². The van der Waals surface area contributed by atoms with E-state index in [1.165, 1.54) is 16.9 Å². The van der Waals surface area contributed by atoms with Gasteiger partial charge in [-0.05, 0) is 54.6 Å². The third-order valence-corrected chi connectivity index (χ3v) is 5.62. The number of aromatic nitrogens is 2. The molecule has 112 valence electrons. The maximum Gasteiger partial charge on any atom is 0.225 e. The molecule has 0 spiro atoms. The van der Waals surface area contributed by atoms with Crippen LogP contribution < -0.4 is 5.32 Å². The fourth-order valence-electron chi connectivity index (χ4n) is 2.78. The summed E-state index contributed by atoms with van der Waals surface area (Å²) in [5, 5.41) is 5.72. The van der Waals surface area contributed by atoms with Gasteiger partial charge in [-0.15, -0.1) is 11.3 Å². The van der Waals surface area contributed by atoms with Gasteiger partial charge in [0, 0.05) is 9.90 Å². The Balaban J connectivity index is 1.87. The standard InChI is InChI=1S/C15H10Cl3N3S/c16-7-4-5-10(9(17)6-7)19-13-12-8-2-1-3-11(8)22-14(12)21-15(18)20-13/h4-6H,1-3H2,(H,19,20,21). The minimum absolute atomic E-state index is 0.236. The van der Waals surface area contributed by atoms with Crippen molar-refractivity contribution in [3.63, 3.8) is 0 Å². The summed E-state index contributed by atoms with van der Waals surface area (Å²) in [6, 6.07) is 5.32. The summed E-state index contributed by atoms with van der Waals surface area (Å²) in [6.45, 7) is 0. The van der Waals surface area contributed by atoms with Gasteiger partial charge in [0.05, 0.1) is 16.1 Å². The van der Waals surface area contributed by atoms with Crippen LogP contribution >= 0.6 is 46.1 Å². The molecule has 0 bridgehead atoms. The number of benzene rings is 1. The van der Waals surface area contributed by atoms with E-state index in [0.29, 0.717) is 15.9 Å². The number of fused-ring (bicyclic) bond motifs is 3. The van der Waals surface area contributed by atoms with Gasteiger partial charge in [-0.2, -0.15) is 4.98 Å².